The number of carboxylic acids is 1. The summed E-state index contributed by atoms with van der Waals surface area (Å²) in [5.41, 5.74) is -0.525. The third-order valence-corrected chi connectivity index (χ3v) is 5.79. The number of aliphatic carboxylic acids is 1. The number of hydrogen-bond donors (Lipinski definition) is 2. The Hall–Kier alpha value is -3.02. The molecule has 9 nitrogen and oxygen atoms in total. The lowest BCUT2D eigenvalue weighted by Gasteiger charge is -2.33. The summed E-state index contributed by atoms with van der Waals surface area (Å²) in [5.74, 6) is -0.701. The number of piperidine rings is 2. The summed E-state index contributed by atoms with van der Waals surface area (Å²) in [6, 6.07) is 0. The molecule has 9 heteroatoms. The molecule has 2 aliphatic heterocycles. The molecule has 0 aromatic heterocycles. The molecule has 2 fully saturated rings. The van der Waals surface area contributed by atoms with E-state index in [0.717, 1.165) is 12.8 Å². The molecule has 0 spiro atoms. The van der Waals surface area contributed by atoms with Crippen molar-refractivity contribution in [2.24, 2.45) is 17.8 Å². The van der Waals surface area contributed by atoms with Crippen LogP contribution in [-0.2, 0) is 19.1 Å². The Bertz CT molecular complexity index is 802. The van der Waals surface area contributed by atoms with Gasteiger partial charge in [0.15, 0.2) is 0 Å². The highest BCUT2D eigenvalue weighted by Crippen LogP contribution is 2.22. The Morgan fingerprint density at radius 3 is 2.39 bits per heavy atom. The quantitative estimate of drug-likeness (QED) is 0.461. The van der Waals surface area contributed by atoms with E-state index in [-0.39, 0.29) is 36.3 Å². The minimum atomic E-state index is -1.15. The number of terminal acetylenes is 1. The highest BCUT2D eigenvalue weighted by molar-refractivity contribution is 5.88. The molecule has 2 N–H and O–H groups in total. The highest BCUT2D eigenvalue weighted by atomic mass is 16.6. The number of hydrogen-bond acceptors (Lipinski definition) is 5. The van der Waals surface area contributed by atoms with Crippen LogP contribution in [0.1, 0.15) is 46.5 Å². The summed E-state index contributed by atoms with van der Waals surface area (Å²) in [6.45, 7) is 7.42. The van der Waals surface area contributed by atoms with Gasteiger partial charge in [0.05, 0.1) is 5.92 Å². The monoisotopic (exact) mass is 461 g/mol. The average molecular weight is 462 g/mol. The van der Waals surface area contributed by atoms with E-state index < -0.39 is 17.5 Å². The van der Waals surface area contributed by atoms with Gasteiger partial charge in [0.2, 0.25) is 11.8 Å². The average Bonchev–Trinajstić information content (AvgIpc) is 2.76. The minimum absolute atomic E-state index is 0.128. The highest BCUT2D eigenvalue weighted by Gasteiger charge is 2.29. The van der Waals surface area contributed by atoms with Gasteiger partial charge in [-0.3, -0.25) is 14.4 Å². The minimum Gasteiger partial charge on any atom is -0.480 e. The zero-order valence-electron chi connectivity index (χ0n) is 19.7. The number of carbonyl (C=O) groups is 4. The number of allylic oxidation sites excluding steroid dienone is 1. The lowest BCUT2D eigenvalue weighted by atomic mass is 9.95. The molecular weight excluding hydrogens is 426 g/mol. The van der Waals surface area contributed by atoms with E-state index in [9.17, 15) is 19.2 Å². The lowest BCUT2D eigenvalue weighted by molar-refractivity contribution is -0.139. The summed E-state index contributed by atoms with van der Waals surface area (Å²) < 4.78 is 5.40. The number of carbonyl (C=O) groups excluding carboxylic acids is 3. The van der Waals surface area contributed by atoms with Gasteiger partial charge in [-0.15, -0.1) is 6.42 Å². The predicted octanol–water partition coefficient (Wildman–Crippen LogP) is 1.88. The van der Waals surface area contributed by atoms with Crippen LogP contribution in [0.5, 0.6) is 0 Å². The van der Waals surface area contributed by atoms with Crippen molar-refractivity contribution in [3.05, 3.63) is 12.2 Å². The van der Waals surface area contributed by atoms with Crippen LogP contribution < -0.4 is 5.32 Å². The van der Waals surface area contributed by atoms with Crippen molar-refractivity contribution in [1.29, 1.82) is 0 Å². The van der Waals surface area contributed by atoms with Crippen molar-refractivity contribution in [3.8, 4) is 12.3 Å². The zero-order valence-corrected chi connectivity index (χ0v) is 19.7. The smallest absolute Gasteiger partial charge is 0.410 e. The molecule has 2 saturated heterocycles. The van der Waals surface area contributed by atoms with E-state index in [1.807, 2.05) is 26.8 Å². The molecule has 0 aliphatic carbocycles. The topological polar surface area (TPSA) is 116 Å². The molecule has 0 saturated carbocycles. The van der Waals surface area contributed by atoms with Crippen molar-refractivity contribution in [3.63, 3.8) is 0 Å². The molecule has 2 rings (SSSR count). The Labute approximate surface area is 195 Å². The van der Waals surface area contributed by atoms with E-state index >= 15 is 0 Å². The number of rotatable bonds is 6. The SMILES string of the molecule is C#CC(CNC(=O)[C@@H]1CCCN(C(=O)/C=C/C2CCN(C(=O)OC(C)(C)C)CC2)C1)C(=O)O. The largest absolute Gasteiger partial charge is 0.480 e. The zero-order chi connectivity index (χ0) is 24.6. The standard InChI is InChI=1S/C24H35N3O6/c1-5-18(22(30)31)15-25-21(29)19-7-6-12-27(16-19)20(28)9-8-17-10-13-26(14-11-17)23(32)33-24(2,3)4/h1,8-9,17-19H,6-7,10-16H2,2-4H3,(H,25,29)(H,30,31)/b9-8+/t18?,19-/m1/s1. The predicted molar refractivity (Wildman–Crippen MR) is 122 cm³/mol. The van der Waals surface area contributed by atoms with E-state index in [0.29, 0.717) is 39.0 Å². The van der Waals surface area contributed by atoms with E-state index in [2.05, 4.69) is 11.2 Å². The van der Waals surface area contributed by atoms with E-state index in [1.165, 1.54) is 0 Å². The van der Waals surface area contributed by atoms with Crippen LogP contribution in [0.25, 0.3) is 0 Å². The van der Waals surface area contributed by atoms with Crippen molar-refractivity contribution in [1.82, 2.24) is 15.1 Å². The normalized spacial score (nSPS) is 20.7. The molecule has 0 radical (unpaired) electrons. The molecule has 1 unspecified atom stereocenters. The Morgan fingerprint density at radius 1 is 1.15 bits per heavy atom. The Balaban J connectivity index is 1.79. The maximum atomic E-state index is 12.7. The fourth-order valence-electron chi connectivity index (χ4n) is 3.88. The van der Waals surface area contributed by atoms with Gasteiger partial charge in [-0.25, -0.2) is 4.79 Å². The summed E-state index contributed by atoms with van der Waals surface area (Å²) in [6.07, 6.45) is 11.2. The molecule has 3 amide bonds. The number of amides is 3. The van der Waals surface area contributed by atoms with Gasteiger partial charge >= 0.3 is 12.1 Å². The van der Waals surface area contributed by atoms with E-state index in [4.69, 9.17) is 16.3 Å². The van der Waals surface area contributed by atoms with Crippen LogP contribution in [0.3, 0.4) is 0 Å². The van der Waals surface area contributed by atoms with Crippen molar-refractivity contribution >= 4 is 23.9 Å². The second kappa shape index (κ2) is 11.7. The first-order valence-corrected chi connectivity index (χ1v) is 11.4. The first-order chi connectivity index (χ1) is 15.5. The second-order valence-electron chi connectivity index (χ2n) is 9.59. The van der Waals surface area contributed by atoms with Crippen LogP contribution in [0.15, 0.2) is 12.2 Å². The third-order valence-electron chi connectivity index (χ3n) is 5.79. The maximum Gasteiger partial charge on any atom is 0.410 e. The van der Waals surface area contributed by atoms with E-state index in [1.54, 1.807) is 15.9 Å². The molecule has 33 heavy (non-hydrogen) atoms. The molecule has 0 aromatic rings. The van der Waals surface area contributed by atoms with Crippen LogP contribution in [0, 0.1) is 30.1 Å². The fraction of sp³-hybridized carbons (Fsp3) is 0.667. The van der Waals surface area contributed by atoms with Crippen LogP contribution in [-0.4, -0.2) is 77.1 Å². The first kappa shape index (κ1) is 26.2. The van der Waals surface area contributed by atoms with Crippen molar-refractivity contribution in [2.45, 2.75) is 52.1 Å². The lowest BCUT2D eigenvalue weighted by Crippen LogP contribution is -2.46. The van der Waals surface area contributed by atoms with Crippen LogP contribution >= 0.6 is 0 Å². The van der Waals surface area contributed by atoms with Gasteiger partial charge in [0, 0.05) is 32.7 Å². The van der Waals surface area contributed by atoms with Gasteiger partial charge in [0.1, 0.15) is 11.5 Å². The Kier molecular flexibility index (Phi) is 9.32. The molecule has 2 aliphatic rings. The maximum absolute atomic E-state index is 12.7. The third kappa shape index (κ3) is 8.44. The van der Waals surface area contributed by atoms with Crippen molar-refractivity contribution < 1.29 is 29.0 Å². The summed E-state index contributed by atoms with van der Waals surface area (Å²) in [7, 11) is 0. The van der Waals surface area contributed by atoms with Crippen molar-refractivity contribution in [2.75, 3.05) is 32.7 Å². The second-order valence-corrected chi connectivity index (χ2v) is 9.59. The molecule has 0 aromatic carbocycles. The van der Waals surface area contributed by atoms with Gasteiger partial charge in [-0.1, -0.05) is 12.0 Å². The molecular formula is C24H35N3O6. The van der Waals surface area contributed by atoms with Gasteiger partial charge in [-0.05, 0) is 58.4 Å². The Morgan fingerprint density at radius 2 is 1.82 bits per heavy atom. The summed E-state index contributed by atoms with van der Waals surface area (Å²) >= 11 is 0. The fourth-order valence-corrected chi connectivity index (χ4v) is 3.88. The first-order valence-electron chi connectivity index (χ1n) is 11.4. The molecule has 0 bridgehead atoms. The molecule has 182 valence electrons. The number of ether oxygens (including phenoxy) is 1. The number of nitrogens with zero attached hydrogens (tertiary/aromatic N) is 2. The number of nitrogens with one attached hydrogen (secondary N) is 1. The number of carboxylic acid groups (broad SMARTS) is 1. The summed E-state index contributed by atoms with van der Waals surface area (Å²) in [5, 5.41) is 11.6. The van der Waals surface area contributed by atoms with Crippen LogP contribution in [0.4, 0.5) is 4.79 Å². The molecule has 2 heterocycles. The van der Waals surface area contributed by atoms with Gasteiger partial charge in [-0.2, -0.15) is 0 Å². The number of likely N-dealkylation sites (tertiary alicyclic amines) is 2. The van der Waals surface area contributed by atoms with Crippen LogP contribution in [0.2, 0.25) is 0 Å². The molecule has 2 atom stereocenters. The van der Waals surface area contributed by atoms with Gasteiger partial charge < -0.3 is 25.0 Å². The van der Waals surface area contributed by atoms with Gasteiger partial charge in [0.25, 0.3) is 0 Å². The summed E-state index contributed by atoms with van der Waals surface area (Å²) in [4.78, 5) is 51.6.